The molecule has 1 nitrogen and oxygen atoms in total. The van der Waals surface area contributed by atoms with Crippen LogP contribution in [-0.2, 0) is 6.54 Å². The Kier molecular flexibility index (Phi) is 4.35. The molecule has 0 heterocycles. The van der Waals surface area contributed by atoms with Crippen molar-refractivity contribution >= 4 is 37.5 Å². The highest BCUT2D eigenvalue weighted by Gasteiger charge is 2.04. The lowest BCUT2D eigenvalue weighted by Crippen LogP contribution is -2.01. The third kappa shape index (κ3) is 3.29. The molecule has 0 unspecified atom stereocenters. The van der Waals surface area contributed by atoms with E-state index in [4.69, 9.17) is 0 Å². The van der Waals surface area contributed by atoms with Gasteiger partial charge in [0.1, 0.15) is 11.6 Å². The quantitative estimate of drug-likeness (QED) is 0.785. The van der Waals surface area contributed by atoms with Crippen LogP contribution in [0.1, 0.15) is 5.56 Å². The highest BCUT2D eigenvalue weighted by atomic mass is 79.9. The van der Waals surface area contributed by atoms with E-state index in [1.165, 1.54) is 12.1 Å². The maximum atomic E-state index is 13.4. The molecule has 0 saturated carbocycles. The average molecular weight is 377 g/mol. The zero-order chi connectivity index (χ0) is 13.1. The highest BCUT2D eigenvalue weighted by molar-refractivity contribution is 9.13. The minimum Gasteiger partial charge on any atom is -0.379 e. The maximum absolute atomic E-state index is 13.4. The van der Waals surface area contributed by atoms with Crippen LogP contribution in [0.3, 0.4) is 0 Å². The Hall–Kier alpha value is -0.940. The lowest BCUT2D eigenvalue weighted by molar-refractivity contribution is 0.585. The van der Waals surface area contributed by atoms with Gasteiger partial charge in [-0.05, 0) is 61.7 Å². The van der Waals surface area contributed by atoms with Crippen molar-refractivity contribution in [1.29, 1.82) is 0 Å². The molecule has 0 aliphatic rings. The summed E-state index contributed by atoms with van der Waals surface area (Å²) in [5.74, 6) is -1.17. The van der Waals surface area contributed by atoms with Crippen LogP contribution in [0.2, 0.25) is 0 Å². The molecule has 1 N–H and O–H groups in total. The van der Waals surface area contributed by atoms with Crippen LogP contribution >= 0.6 is 31.9 Å². The third-order valence-electron chi connectivity index (χ3n) is 2.40. The standard InChI is InChI=1S/C13H9Br2F2N/c14-10-3-1-8(5-11(10)15)7-18-13-4-2-9(16)6-12(13)17/h1-6,18H,7H2. The van der Waals surface area contributed by atoms with Crippen molar-refractivity contribution in [2.75, 3.05) is 5.32 Å². The summed E-state index contributed by atoms with van der Waals surface area (Å²) in [6, 6.07) is 9.23. The predicted molar refractivity (Wildman–Crippen MR) is 75.5 cm³/mol. The topological polar surface area (TPSA) is 12.0 Å². The normalized spacial score (nSPS) is 10.4. The van der Waals surface area contributed by atoms with Crippen molar-refractivity contribution in [2.45, 2.75) is 6.54 Å². The molecule has 2 rings (SSSR count). The maximum Gasteiger partial charge on any atom is 0.149 e. The van der Waals surface area contributed by atoms with E-state index in [0.717, 1.165) is 20.6 Å². The zero-order valence-corrected chi connectivity index (χ0v) is 12.4. The van der Waals surface area contributed by atoms with Crippen LogP contribution in [0.15, 0.2) is 45.3 Å². The van der Waals surface area contributed by atoms with E-state index in [1.807, 2.05) is 18.2 Å². The van der Waals surface area contributed by atoms with Gasteiger partial charge in [0.2, 0.25) is 0 Å². The number of anilines is 1. The SMILES string of the molecule is Fc1ccc(NCc2ccc(Br)c(Br)c2)c(F)c1. The summed E-state index contributed by atoms with van der Waals surface area (Å²) in [7, 11) is 0. The molecule has 94 valence electrons. The van der Waals surface area contributed by atoms with E-state index in [-0.39, 0.29) is 5.69 Å². The lowest BCUT2D eigenvalue weighted by Gasteiger charge is -2.08. The summed E-state index contributed by atoms with van der Waals surface area (Å²) >= 11 is 6.77. The fourth-order valence-electron chi connectivity index (χ4n) is 1.48. The zero-order valence-electron chi connectivity index (χ0n) is 9.18. The summed E-state index contributed by atoms with van der Waals surface area (Å²) in [5.41, 5.74) is 1.28. The van der Waals surface area contributed by atoms with Gasteiger partial charge in [0.15, 0.2) is 0 Å². The van der Waals surface area contributed by atoms with Gasteiger partial charge < -0.3 is 5.32 Å². The number of benzene rings is 2. The van der Waals surface area contributed by atoms with Crippen LogP contribution in [-0.4, -0.2) is 0 Å². The van der Waals surface area contributed by atoms with Crippen molar-refractivity contribution in [3.05, 3.63) is 62.5 Å². The summed E-state index contributed by atoms with van der Waals surface area (Å²) in [6.45, 7) is 0.467. The van der Waals surface area contributed by atoms with Gasteiger partial charge in [0.05, 0.1) is 5.69 Å². The molecule has 0 saturated heterocycles. The van der Waals surface area contributed by atoms with Gasteiger partial charge in [0, 0.05) is 21.6 Å². The Labute approximate surface area is 120 Å². The van der Waals surface area contributed by atoms with Crippen LogP contribution < -0.4 is 5.32 Å². The number of nitrogens with one attached hydrogen (secondary N) is 1. The molecule has 0 aliphatic carbocycles. The number of rotatable bonds is 3. The van der Waals surface area contributed by atoms with Gasteiger partial charge in [-0.2, -0.15) is 0 Å². The van der Waals surface area contributed by atoms with Gasteiger partial charge in [-0.15, -0.1) is 0 Å². The second kappa shape index (κ2) is 5.80. The van der Waals surface area contributed by atoms with Gasteiger partial charge >= 0.3 is 0 Å². The monoisotopic (exact) mass is 375 g/mol. The van der Waals surface area contributed by atoms with E-state index in [2.05, 4.69) is 37.2 Å². The molecule has 0 aromatic heterocycles. The number of halogens is 4. The molecule has 0 radical (unpaired) electrons. The third-order valence-corrected chi connectivity index (χ3v) is 4.28. The van der Waals surface area contributed by atoms with Gasteiger partial charge in [0.25, 0.3) is 0 Å². The van der Waals surface area contributed by atoms with Crippen molar-refractivity contribution in [2.24, 2.45) is 0 Å². The van der Waals surface area contributed by atoms with E-state index in [1.54, 1.807) is 0 Å². The summed E-state index contributed by atoms with van der Waals surface area (Å²) in [5, 5.41) is 2.93. The Morgan fingerprint density at radius 1 is 0.944 bits per heavy atom. The summed E-state index contributed by atoms with van der Waals surface area (Å²) < 4.78 is 28.0. The molecular weight excluding hydrogens is 368 g/mol. The molecule has 0 amide bonds. The molecule has 0 aliphatic heterocycles. The van der Waals surface area contributed by atoms with Gasteiger partial charge in [-0.25, -0.2) is 8.78 Å². The highest BCUT2D eigenvalue weighted by Crippen LogP contribution is 2.24. The first-order chi connectivity index (χ1) is 8.56. The Bertz CT molecular complexity index is 573. The van der Waals surface area contributed by atoms with Crippen molar-refractivity contribution in [3.63, 3.8) is 0 Å². The molecule has 2 aromatic rings. The van der Waals surface area contributed by atoms with Crippen LogP contribution in [0.5, 0.6) is 0 Å². The molecular formula is C13H9Br2F2N. The number of hydrogen-bond donors (Lipinski definition) is 1. The van der Waals surface area contributed by atoms with Crippen molar-refractivity contribution in [3.8, 4) is 0 Å². The second-order valence-electron chi connectivity index (χ2n) is 3.73. The minimum absolute atomic E-state index is 0.287. The van der Waals surface area contributed by atoms with Gasteiger partial charge in [-0.1, -0.05) is 6.07 Å². The molecule has 18 heavy (non-hydrogen) atoms. The first-order valence-electron chi connectivity index (χ1n) is 5.19. The molecule has 5 heteroatoms. The van der Waals surface area contributed by atoms with E-state index in [9.17, 15) is 8.78 Å². The lowest BCUT2D eigenvalue weighted by atomic mass is 10.2. The van der Waals surface area contributed by atoms with Crippen molar-refractivity contribution < 1.29 is 8.78 Å². The second-order valence-corrected chi connectivity index (χ2v) is 5.43. The Morgan fingerprint density at radius 3 is 2.39 bits per heavy atom. The predicted octanol–water partition coefficient (Wildman–Crippen LogP) is 5.10. The summed E-state index contributed by atoms with van der Waals surface area (Å²) in [4.78, 5) is 0. The Balaban J connectivity index is 2.09. The molecule has 0 atom stereocenters. The van der Waals surface area contributed by atoms with Crippen LogP contribution in [0.4, 0.5) is 14.5 Å². The molecule has 0 spiro atoms. The first-order valence-corrected chi connectivity index (χ1v) is 6.78. The Morgan fingerprint density at radius 2 is 1.72 bits per heavy atom. The molecule has 2 aromatic carbocycles. The fraction of sp³-hybridized carbons (Fsp3) is 0.0769. The molecule has 0 bridgehead atoms. The van der Waals surface area contributed by atoms with E-state index < -0.39 is 11.6 Å². The minimum atomic E-state index is -0.592. The largest absolute Gasteiger partial charge is 0.379 e. The molecule has 0 fully saturated rings. The van der Waals surface area contributed by atoms with Crippen LogP contribution in [0, 0.1) is 11.6 Å². The average Bonchev–Trinajstić information content (AvgIpc) is 2.32. The smallest absolute Gasteiger partial charge is 0.149 e. The van der Waals surface area contributed by atoms with Crippen molar-refractivity contribution in [1.82, 2.24) is 0 Å². The van der Waals surface area contributed by atoms with E-state index in [0.29, 0.717) is 6.54 Å². The van der Waals surface area contributed by atoms with Gasteiger partial charge in [-0.3, -0.25) is 0 Å². The fourth-order valence-corrected chi connectivity index (χ4v) is 2.15. The first kappa shape index (κ1) is 13.5. The summed E-state index contributed by atoms with van der Waals surface area (Å²) in [6.07, 6.45) is 0. The van der Waals surface area contributed by atoms with Crippen LogP contribution in [0.25, 0.3) is 0 Å². The number of hydrogen-bond acceptors (Lipinski definition) is 1. The van der Waals surface area contributed by atoms with E-state index >= 15 is 0 Å².